The summed E-state index contributed by atoms with van der Waals surface area (Å²) in [4.78, 5) is 12.3. The SMILES string of the molecule is CCC(CC)(C(=O)Nc1ccc(F)cc1F)C(N)=NO. The lowest BCUT2D eigenvalue weighted by atomic mass is 9.80. The lowest BCUT2D eigenvalue weighted by Crippen LogP contribution is -2.46. The Morgan fingerprint density at radius 1 is 1.40 bits per heavy atom. The van der Waals surface area contributed by atoms with E-state index in [1.807, 2.05) is 0 Å². The van der Waals surface area contributed by atoms with Crippen LogP contribution in [0.25, 0.3) is 0 Å². The Kier molecular flexibility index (Phi) is 5.01. The van der Waals surface area contributed by atoms with Crippen LogP contribution in [0.1, 0.15) is 26.7 Å². The largest absolute Gasteiger partial charge is 0.409 e. The number of nitrogens with two attached hydrogens (primary N) is 1. The number of halogens is 2. The van der Waals surface area contributed by atoms with E-state index in [2.05, 4.69) is 10.5 Å². The second kappa shape index (κ2) is 6.31. The third-order valence-electron chi connectivity index (χ3n) is 3.42. The number of nitrogens with zero attached hydrogens (tertiary/aromatic N) is 1. The van der Waals surface area contributed by atoms with E-state index >= 15 is 0 Å². The van der Waals surface area contributed by atoms with Crippen molar-refractivity contribution in [3.05, 3.63) is 29.8 Å². The molecule has 7 heteroatoms. The maximum atomic E-state index is 13.5. The second-order valence-corrected chi connectivity index (χ2v) is 4.35. The Morgan fingerprint density at radius 3 is 2.45 bits per heavy atom. The summed E-state index contributed by atoms with van der Waals surface area (Å²) < 4.78 is 26.3. The van der Waals surface area contributed by atoms with Gasteiger partial charge in [-0.25, -0.2) is 8.78 Å². The van der Waals surface area contributed by atoms with Gasteiger partial charge in [0.1, 0.15) is 17.0 Å². The molecule has 1 aromatic carbocycles. The van der Waals surface area contributed by atoms with E-state index in [-0.39, 0.29) is 24.4 Å². The highest BCUT2D eigenvalue weighted by Gasteiger charge is 2.40. The van der Waals surface area contributed by atoms with Crippen LogP contribution in [0, 0.1) is 17.0 Å². The Hall–Kier alpha value is -2.18. The van der Waals surface area contributed by atoms with Crippen molar-refractivity contribution >= 4 is 17.4 Å². The summed E-state index contributed by atoms with van der Waals surface area (Å²) in [5.74, 6) is -2.49. The smallest absolute Gasteiger partial charge is 0.238 e. The Morgan fingerprint density at radius 2 is 2.00 bits per heavy atom. The van der Waals surface area contributed by atoms with Crippen molar-refractivity contribution in [1.82, 2.24) is 0 Å². The molecule has 20 heavy (non-hydrogen) atoms. The number of carbonyl (C=O) groups is 1. The average Bonchev–Trinajstić information content (AvgIpc) is 2.43. The van der Waals surface area contributed by atoms with Crippen molar-refractivity contribution < 1.29 is 18.8 Å². The molecule has 0 atom stereocenters. The summed E-state index contributed by atoms with van der Waals surface area (Å²) in [7, 11) is 0. The van der Waals surface area contributed by atoms with Crippen LogP contribution in [-0.4, -0.2) is 17.0 Å². The molecule has 0 spiro atoms. The van der Waals surface area contributed by atoms with E-state index in [0.717, 1.165) is 12.1 Å². The van der Waals surface area contributed by atoms with Gasteiger partial charge in [0.05, 0.1) is 5.69 Å². The molecule has 0 aliphatic rings. The van der Waals surface area contributed by atoms with Crippen LogP contribution in [0.5, 0.6) is 0 Å². The van der Waals surface area contributed by atoms with Crippen molar-refractivity contribution in [2.24, 2.45) is 16.3 Å². The third-order valence-corrected chi connectivity index (χ3v) is 3.42. The fourth-order valence-electron chi connectivity index (χ4n) is 1.98. The predicted molar refractivity (Wildman–Crippen MR) is 71.4 cm³/mol. The number of hydrogen-bond acceptors (Lipinski definition) is 3. The standard InChI is InChI=1S/C13H17F2N3O2/c1-3-13(4-2,11(16)18-20)12(19)17-10-6-5-8(14)7-9(10)15/h5-7,20H,3-4H2,1-2H3,(H2,16,18)(H,17,19). The Bertz CT molecular complexity index is 528. The maximum absolute atomic E-state index is 13.5. The van der Waals surface area contributed by atoms with Crippen LogP contribution in [-0.2, 0) is 4.79 Å². The van der Waals surface area contributed by atoms with Gasteiger partial charge in [-0.15, -0.1) is 0 Å². The molecule has 0 aliphatic carbocycles. The van der Waals surface area contributed by atoms with Gasteiger partial charge in [-0.2, -0.15) is 0 Å². The summed E-state index contributed by atoms with van der Waals surface area (Å²) in [6.45, 7) is 3.39. The number of benzene rings is 1. The van der Waals surface area contributed by atoms with Crippen LogP contribution in [0.15, 0.2) is 23.4 Å². The number of anilines is 1. The van der Waals surface area contributed by atoms with Gasteiger partial charge in [-0.3, -0.25) is 4.79 Å². The third kappa shape index (κ3) is 2.87. The number of oxime groups is 1. The summed E-state index contributed by atoms with van der Waals surface area (Å²) in [5, 5.41) is 14.0. The molecule has 0 bridgehead atoms. The van der Waals surface area contributed by atoms with Crippen molar-refractivity contribution in [2.75, 3.05) is 5.32 Å². The Labute approximate surface area is 115 Å². The first-order chi connectivity index (χ1) is 9.41. The van der Waals surface area contributed by atoms with Gasteiger partial charge in [0.15, 0.2) is 5.84 Å². The van der Waals surface area contributed by atoms with Crippen LogP contribution >= 0.6 is 0 Å². The number of amidine groups is 1. The van der Waals surface area contributed by atoms with Crippen molar-refractivity contribution in [3.63, 3.8) is 0 Å². The second-order valence-electron chi connectivity index (χ2n) is 4.35. The molecule has 5 nitrogen and oxygen atoms in total. The van der Waals surface area contributed by atoms with E-state index in [0.29, 0.717) is 6.07 Å². The highest BCUT2D eigenvalue weighted by molar-refractivity contribution is 6.11. The molecule has 0 aromatic heterocycles. The molecule has 0 saturated carbocycles. The van der Waals surface area contributed by atoms with Crippen molar-refractivity contribution in [2.45, 2.75) is 26.7 Å². The van der Waals surface area contributed by atoms with Crippen LogP contribution in [0.3, 0.4) is 0 Å². The van der Waals surface area contributed by atoms with Gasteiger partial charge in [-0.1, -0.05) is 19.0 Å². The molecular formula is C13H17F2N3O2. The molecule has 1 amide bonds. The van der Waals surface area contributed by atoms with E-state index in [1.54, 1.807) is 13.8 Å². The van der Waals surface area contributed by atoms with Crippen LogP contribution in [0.2, 0.25) is 0 Å². The molecule has 110 valence electrons. The van der Waals surface area contributed by atoms with E-state index in [1.165, 1.54) is 0 Å². The Balaban J connectivity index is 3.09. The molecule has 1 rings (SSSR count). The van der Waals surface area contributed by atoms with Gasteiger partial charge < -0.3 is 16.3 Å². The molecule has 0 fully saturated rings. The zero-order valence-corrected chi connectivity index (χ0v) is 11.3. The van der Waals surface area contributed by atoms with Gasteiger partial charge >= 0.3 is 0 Å². The monoisotopic (exact) mass is 285 g/mol. The fourth-order valence-corrected chi connectivity index (χ4v) is 1.98. The molecule has 4 N–H and O–H groups in total. The lowest BCUT2D eigenvalue weighted by Gasteiger charge is -2.28. The van der Waals surface area contributed by atoms with E-state index in [4.69, 9.17) is 10.9 Å². The zero-order chi connectivity index (χ0) is 15.3. The predicted octanol–water partition coefficient (Wildman–Crippen LogP) is 2.46. The first-order valence-corrected chi connectivity index (χ1v) is 6.15. The minimum atomic E-state index is -1.24. The minimum absolute atomic E-state index is 0.159. The van der Waals surface area contributed by atoms with Crippen LogP contribution < -0.4 is 11.1 Å². The van der Waals surface area contributed by atoms with E-state index < -0.39 is 23.0 Å². The molecule has 1 aromatic rings. The summed E-state index contributed by atoms with van der Waals surface area (Å²) >= 11 is 0. The van der Waals surface area contributed by atoms with Crippen molar-refractivity contribution in [1.29, 1.82) is 0 Å². The normalized spacial score (nSPS) is 12.3. The van der Waals surface area contributed by atoms with E-state index in [9.17, 15) is 13.6 Å². The minimum Gasteiger partial charge on any atom is -0.409 e. The van der Waals surface area contributed by atoms with Crippen molar-refractivity contribution in [3.8, 4) is 0 Å². The number of carbonyl (C=O) groups excluding carboxylic acids is 1. The summed E-state index contributed by atoms with van der Waals surface area (Å²) in [6, 6.07) is 2.81. The number of hydrogen-bond donors (Lipinski definition) is 3. The fraction of sp³-hybridized carbons (Fsp3) is 0.385. The number of amides is 1. The van der Waals surface area contributed by atoms with Crippen LogP contribution in [0.4, 0.5) is 14.5 Å². The van der Waals surface area contributed by atoms with Gasteiger partial charge in [0, 0.05) is 6.07 Å². The van der Waals surface area contributed by atoms with Gasteiger partial charge in [-0.05, 0) is 25.0 Å². The number of rotatable bonds is 5. The molecular weight excluding hydrogens is 268 g/mol. The average molecular weight is 285 g/mol. The molecule has 0 aliphatic heterocycles. The lowest BCUT2D eigenvalue weighted by molar-refractivity contribution is -0.122. The highest BCUT2D eigenvalue weighted by Crippen LogP contribution is 2.29. The molecule has 0 radical (unpaired) electrons. The highest BCUT2D eigenvalue weighted by atomic mass is 19.1. The topological polar surface area (TPSA) is 87.7 Å². The van der Waals surface area contributed by atoms with Gasteiger partial charge in [0.25, 0.3) is 0 Å². The first kappa shape index (κ1) is 15.9. The molecule has 0 unspecified atom stereocenters. The number of nitrogens with one attached hydrogen (secondary N) is 1. The molecule has 0 saturated heterocycles. The zero-order valence-electron chi connectivity index (χ0n) is 11.3. The first-order valence-electron chi connectivity index (χ1n) is 6.15. The quantitative estimate of drug-likeness (QED) is 0.336. The van der Waals surface area contributed by atoms with Gasteiger partial charge in [0.2, 0.25) is 5.91 Å². The summed E-state index contributed by atoms with van der Waals surface area (Å²) in [6.07, 6.45) is 0.544. The summed E-state index contributed by atoms with van der Waals surface area (Å²) in [5.41, 5.74) is 4.18. The molecule has 0 heterocycles. The maximum Gasteiger partial charge on any atom is 0.238 e.